The van der Waals surface area contributed by atoms with Crippen molar-refractivity contribution in [3.63, 3.8) is 0 Å². The van der Waals surface area contributed by atoms with E-state index in [1.54, 1.807) is 27.9 Å². The van der Waals surface area contributed by atoms with Gasteiger partial charge in [-0.3, -0.25) is 14.3 Å². The topological polar surface area (TPSA) is 75.4 Å². The molecule has 7 heteroatoms. The van der Waals surface area contributed by atoms with Crippen molar-refractivity contribution >= 4 is 11.9 Å². The van der Waals surface area contributed by atoms with E-state index < -0.39 is 11.4 Å². The Bertz CT molecular complexity index is 862. The van der Waals surface area contributed by atoms with Crippen LogP contribution < -0.4 is 0 Å². The summed E-state index contributed by atoms with van der Waals surface area (Å²) in [6.45, 7) is 5.31. The number of aryl methyl sites for hydroxylation is 1. The molecule has 150 valence electrons. The van der Waals surface area contributed by atoms with Gasteiger partial charge in [0.15, 0.2) is 0 Å². The van der Waals surface area contributed by atoms with Crippen LogP contribution in [0.1, 0.15) is 47.8 Å². The van der Waals surface area contributed by atoms with Gasteiger partial charge in [-0.2, -0.15) is 5.10 Å². The number of carboxylic acid groups (broad SMARTS) is 1. The highest BCUT2D eigenvalue weighted by Crippen LogP contribution is 2.35. The molecule has 0 bridgehead atoms. The quantitative estimate of drug-likeness (QED) is 0.825. The van der Waals surface area contributed by atoms with Crippen molar-refractivity contribution in [1.29, 1.82) is 0 Å². The molecule has 1 atom stereocenters. The summed E-state index contributed by atoms with van der Waals surface area (Å²) in [4.78, 5) is 26.9. The van der Waals surface area contributed by atoms with Crippen molar-refractivity contribution in [2.75, 3.05) is 13.1 Å². The fourth-order valence-electron chi connectivity index (χ4n) is 3.96. The van der Waals surface area contributed by atoms with Gasteiger partial charge < -0.3 is 10.0 Å². The van der Waals surface area contributed by atoms with Crippen LogP contribution in [0.4, 0.5) is 4.39 Å². The number of carbonyl (C=O) groups is 2. The summed E-state index contributed by atoms with van der Waals surface area (Å²) in [5, 5.41) is 14.3. The van der Waals surface area contributed by atoms with Crippen LogP contribution in [0.25, 0.3) is 0 Å². The predicted molar refractivity (Wildman–Crippen MR) is 103 cm³/mol. The second-order valence-electron chi connectivity index (χ2n) is 7.59. The highest BCUT2D eigenvalue weighted by molar-refractivity contribution is 5.95. The van der Waals surface area contributed by atoms with E-state index in [4.69, 9.17) is 0 Å². The number of aromatic nitrogens is 2. The van der Waals surface area contributed by atoms with Crippen LogP contribution in [0.15, 0.2) is 30.5 Å². The van der Waals surface area contributed by atoms with Crippen LogP contribution in [0.3, 0.4) is 0 Å². The molecule has 1 aliphatic rings. The number of halogens is 1. The molecule has 0 radical (unpaired) electrons. The van der Waals surface area contributed by atoms with Crippen LogP contribution >= 0.6 is 0 Å². The minimum atomic E-state index is -1.07. The Morgan fingerprint density at radius 2 is 2.00 bits per heavy atom. The molecule has 2 heterocycles. The molecule has 1 aromatic heterocycles. The van der Waals surface area contributed by atoms with Gasteiger partial charge in [0.2, 0.25) is 0 Å². The van der Waals surface area contributed by atoms with Gasteiger partial charge >= 0.3 is 5.97 Å². The molecule has 6 nitrogen and oxygen atoms in total. The number of amides is 1. The Kier molecular flexibility index (Phi) is 5.82. The third-order valence-electron chi connectivity index (χ3n) is 5.54. The van der Waals surface area contributed by atoms with Gasteiger partial charge in [0.1, 0.15) is 5.82 Å². The Hall–Kier alpha value is -2.70. The van der Waals surface area contributed by atoms with Gasteiger partial charge in [0.05, 0.1) is 17.2 Å². The smallest absolute Gasteiger partial charge is 0.311 e. The molecule has 0 spiro atoms. The van der Waals surface area contributed by atoms with Crippen molar-refractivity contribution in [3.8, 4) is 0 Å². The summed E-state index contributed by atoms with van der Waals surface area (Å²) in [7, 11) is 0. The lowest BCUT2D eigenvalue weighted by Gasteiger charge is -2.40. The Labute approximate surface area is 164 Å². The third kappa shape index (κ3) is 3.93. The maximum atomic E-state index is 13.2. The van der Waals surface area contributed by atoms with Crippen molar-refractivity contribution in [2.24, 2.45) is 5.41 Å². The summed E-state index contributed by atoms with van der Waals surface area (Å²) < 4.78 is 15.0. The Morgan fingerprint density at radius 3 is 2.64 bits per heavy atom. The molecule has 0 aliphatic carbocycles. The number of carboxylic acids is 1. The lowest BCUT2D eigenvalue weighted by Crippen LogP contribution is -2.51. The fourth-order valence-corrected chi connectivity index (χ4v) is 3.96. The van der Waals surface area contributed by atoms with Crippen molar-refractivity contribution in [3.05, 3.63) is 53.1 Å². The van der Waals surface area contributed by atoms with Crippen LogP contribution in [-0.2, 0) is 17.8 Å². The van der Waals surface area contributed by atoms with Crippen molar-refractivity contribution in [1.82, 2.24) is 14.7 Å². The minimum absolute atomic E-state index is 0.136. The first kappa shape index (κ1) is 20.0. The average Bonchev–Trinajstić information content (AvgIpc) is 3.04. The summed E-state index contributed by atoms with van der Waals surface area (Å²) in [6.07, 6.45) is 3.85. The van der Waals surface area contributed by atoms with E-state index in [9.17, 15) is 19.1 Å². The lowest BCUT2D eigenvalue weighted by atomic mass is 9.75. The largest absolute Gasteiger partial charge is 0.481 e. The molecule has 1 N–H and O–H groups in total. The summed E-state index contributed by atoms with van der Waals surface area (Å²) >= 11 is 0. The highest BCUT2D eigenvalue weighted by Gasteiger charge is 2.44. The van der Waals surface area contributed by atoms with Crippen molar-refractivity contribution in [2.45, 2.75) is 46.1 Å². The van der Waals surface area contributed by atoms with Gasteiger partial charge in [0, 0.05) is 25.3 Å². The molecule has 1 saturated heterocycles. The number of likely N-dealkylation sites (tertiary alicyclic amines) is 1. The molecule has 3 rings (SSSR count). The van der Waals surface area contributed by atoms with Gasteiger partial charge in [-0.1, -0.05) is 19.1 Å². The predicted octanol–water partition coefficient (Wildman–Crippen LogP) is 3.29. The van der Waals surface area contributed by atoms with Crippen molar-refractivity contribution < 1.29 is 19.1 Å². The second-order valence-corrected chi connectivity index (χ2v) is 7.59. The first-order chi connectivity index (χ1) is 13.4. The first-order valence-electron chi connectivity index (χ1n) is 9.66. The van der Waals surface area contributed by atoms with E-state index in [1.807, 2.05) is 13.8 Å². The van der Waals surface area contributed by atoms with Crippen LogP contribution in [0.5, 0.6) is 0 Å². The number of hydrogen-bond donors (Lipinski definition) is 1. The van der Waals surface area contributed by atoms with E-state index in [-0.39, 0.29) is 24.7 Å². The first-order valence-corrected chi connectivity index (χ1v) is 9.66. The molecule has 1 amide bonds. The average molecular weight is 387 g/mol. The number of benzene rings is 1. The Balaban J connectivity index is 1.83. The number of aliphatic carboxylic acids is 1. The van der Waals surface area contributed by atoms with Gasteiger partial charge in [-0.05, 0) is 50.3 Å². The molecular formula is C21H26FN3O3. The molecule has 1 fully saturated rings. The maximum Gasteiger partial charge on any atom is 0.311 e. The summed E-state index contributed by atoms with van der Waals surface area (Å²) in [5.41, 5.74) is 1.01. The third-order valence-corrected chi connectivity index (χ3v) is 5.54. The lowest BCUT2D eigenvalue weighted by molar-refractivity contribution is -0.151. The SMILES string of the molecule is CCCn1ncc(C(=O)N2CCC[C@@](Cc3ccc(F)cc3)(C(=O)O)C2)c1C. The van der Waals surface area contributed by atoms with E-state index in [1.165, 1.54) is 12.1 Å². The summed E-state index contributed by atoms with van der Waals surface area (Å²) in [5.74, 6) is -1.45. The number of rotatable bonds is 6. The van der Waals surface area contributed by atoms with Gasteiger partial charge in [0.25, 0.3) is 5.91 Å². The van der Waals surface area contributed by atoms with Gasteiger partial charge in [-0.25, -0.2) is 4.39 Å². The number of nitrogens with zero attached hydrogens (tertiary/aromatic N) is 3. The fraction of sp³-hybridized carbons (Fsp3) is 0.476. The Morgan fingerprint density at radius 1 is 1.29 bits per heavy atom. The highest BCUT2D eigenvalue weighted by atomic mass is 19.1. The van der Waals surface area contributed by atoms with E-state index in [2.05, 4.69) is 5.10 Å². The minimum Gasteiger partial charge on any atom is -0.481 e. The molecule has 28 heavy (non-hydrogen) atoms. The second kappa shape index (κ2) is 8.12. The summed E-state index contributed by atoms with van der Waals surface area (Å²) in [6, 6.07) is 5.89. The molecule has 2 aromatic rings. The van der Waals surface area contributed by atoms with Crippen LogP contribution in [0, 0.1) is 18.2 Å². The normalized spacial score (nSPS) is 19.6. The van der Waals surface area contributed by atoms with Gasteiger partial charge in [-0.15, -0.1) is 0 Å². The van der Waals surface area contributed by atoms with E-state index in [0.717, 1.165) is 24.2 Å². The van der Waals surface area contributed by atoms with Crippen LogP contribution in [-0.4, -0.2) is 44.8 Å². The zero-order valence-electron chi connectivity index (χ0n) is 16.3. The maximum absolute atomic E-state index is 13.2. The molecule has 0 unspecified atom stereocenters. The number of hydrogen-bond acceptors (Lipinski definition) is 3. The zero-order chi connectivity index (χ0) is 20.3. The van der Waals surface area contributed by atoms with E-state index >= 15 is 0 Å². The molecular weight excluding hydrogens is 361 g/mol. The van der Waals surface area contributed by atoms with Crippen LogP contribution in [0.2, 0.25) is 0 Å². The number of piperidine rings is 1. The molecule has 0 saturated carbocycles. The molecule has 1 aromatic carbocycles. The van der Waals surface area contributed by atoms with E-state index in [0.29, 0.717) is 24.9 Å². The zero-order valence-corrected chi connectivity index (χ0v) is 16.3. The monoisotopic (exact) mass is 387 g/mol. The number of carbonyl (C=O) groups excluding carboxylic acids is 1. The standard InChI is InChI=1S/C21H26FN3O3/c1-3-10-25-15(2)18(13-23-25)19(26)24-11-4-9-21(14-24,20(27)28)12-16-5-7-17(22)8-6-16/h5-8,13H,3-4,9-12,14H2,1-2H3,(H,27,28)/t21-/m0/s1. The molecule has 1 aliphatic heterocycles.